The molecular formula is C13H21ClN2O. The van der Waals surface area contributed by atoms with Crippen LogP contribution in [0.25, 0.3) is 0 Å². The van der Waals surface area contributed by atoms with Gasteiger partial charge in [0, 0.05) is 11.6 Å². The Morgan fingerprint density at radius 1 is 1.41 bits per heavy atom. The van der Waals surface area contributed by atoms with Gasteiger partial charge in [-0.15, -0.1) is 0 Å². The quantitative estimate of drug-likeness (QED) is 0.871. The van der Waals surface area contributed by atoms with Gasteiger partial charge in [-0.3, -0.25) is 0 Å². The van der Waals surface area contributed by atoms with Crippen LogP contribution in [-0.2, 0) is 0 Å². The molecule has 0 saturated carbocycles. The molecule has 1 rings (SSSR count). The molecule has 4 N–H and O–H groups in total. The predicted molar refractivity (Wildman–Crippen MR) is 72.6 cm³/mol. The van der Waals surface area contributed by atoms with Gasteiger partial charge in [0.15, 0.2) is 0 Å². The molecule has 1 aromatic carbocycles. The maximum absolute atomic E-state index is 6.16. The van der Waals surface area contributed by atoms with E-state index in [2.05, 4.69) is 0 Å². The van der Waals surface area contributed by atoms with Gasteiger partial charge in [-0.2, -0.15) is 0 Å². The minimum atomic E-state index is -0.293. The van der Waals surface area contributed by atoms with E-state index in [0.717, 1.165) is 11.1 Å². The Morgan fingerprint density at radius 3 is 2.47 bits per heavy atom. The molecule has 3 nitrogen and oxygen atoms in total. The molecule has 0 aromatic heterocycles. The number of aryl methyl sites for hydroxylation is 1. The molecule has 0 radical (unpaired) electrons. The highest BCUT2D eigenvalue weighted by molar-refractivity contribution is 6.32. The summed E-state index contributed by atoms with van der Waals surface area (Å²) in [6, 6.07) is 3.66. The first kappa shape index (κ1) is 14.3. The maximum Gasteiger partial charge on any atom is 0.137 e. The van der Waals surface area contributed by atoms with Crippen LogP contribution in [-0.4, -0.2) is 12.6 Å². The van der Waals surface area contributed by atoms with Crippen LogP contribution in [0.1, 0.15) is 37.4 Å². The van der Waals surface area contributed by atoms with E-state index in [1.54, 1.807) is 7.11 Å². The summed E-state index contributed by atoms with van der Waals surface area (Å²) in [6.07, 6.45) is 0.705. The fourth-order valence-electron chi connectivity index (χ4n) is 1.90. The van der Waals surface area contributed by atoms with E-state index in [1.165, 1.54) is 0 Å². The van der Waals surface area contributed by atoms with Crippen molar-refractivity contribution in [1.29, 1.82) is 0 Å². The van der Waals surface area contributed by atoms with Crippen molar-refractivity contribution in [3.63, 3.8) is 0 Å². The lowest BCUT2D eigenvalue weighted by molar-refractivity contribution is 0.412. The molecule has 0 aliphatic heterocycles. The molecule has 1 aromatic rings. The van der Waals surface area contributed by atoms with Crippen molar-refractivity contribution >= 4 is 11.6 Å². The Hall–Kier alpha value is -0.770. The van der Waals surface area contributed by atoms with Crippen molar-refractivity contribution in [2.24, 2.45) is 11.5 Å². The molecular weight excluding hydrogens is 236 g/mol. The fourth-order valence-corrected chi connectivity index (χ4v) is 2.15. The molecule has 0 fully saturated rings. The van der Waals surface area contributed by atoms with Crippen LogP contribution in [0.2, 0.25) is 5.02 Å². The van der Waals surface area contributed by atoms with Gasteiger partial charge in [0.1, 0.15) is 5.75 Å². The Balaban J connectivity index is 3.02. The molecule has 17 heavy (non-hydrogen) atoms. The summed E-state index contributed by atoms with van der Waals surface area (Å²) in [4.78, 5) is 0. The Morgan fingerprint density at radius 2 is 2.00 bits per heavy atom. The SMILES string of the molecule is COc1cc(C)c(C(N)CC(C)(C)N)cc1Cl. The second kappa shape index (κ2) is 5.25. The highest BCUT2D eigenvalue weighted by atomic mass is 35.5. The summed E-state index contributed by atoms with van der Waals surface area (Å²) in [6.45, 7) is 5.93. The van der Waals surface area contributed by atoms with E-state index in [0.29, 0.717) is 17.2 Å². The topological polar surface area (TPSA) is 61.3 Å². The molecule has 4 heteroatoms. The Bertz CT molecular complexity index is 399. The number of benzene rings is 1. The number of ether oxygens (including phenoxy) is 1. The lowest BCUT2D eigenvalue weighted by Gasteiger charge is -2.25. The molecule has 96 valence electrons. The summed E-state index contributed by atoms with van der Waals surface area (Å²) in [5.41, 5.74) is 13.9. The van der Waals surface area contributed by atoms with Crippen LogP contribution >= 0.6 is 11.6 Å². The number of rotatable bonds is 4. The summed E-state index contributed by atoms with van der Waals surface area (Å²) in [7, 11) is 1.60. The molecule has 0 amide bonds. The van der Waals surface area contributed by atoms with Crippen LogP contribution in [0.15, 0.2) is 12.1 Å². The monoisotopic (exact) mass is 256 g/mol. The molecule has 0 bridgehead atoms. The molecule has 0 aliphatic carbocycles. The van der Waals surface area contributed by atoms with Gasteiger partial charge in [0.05, 0.1) is 12.1 Å². The van der Waals surface area contributed by atoms with Crippen LogP contribution in [0.3, 0.4) is 0 Å². The number of halogens is 1. The summed E-state index contributed by atoms with van der Waals surface area (Å²) in [5, 5.41) is 0.582. The van der Waals surface area contributed by atoms with Gasteiger partial charge in [-0.1, -0.05) is 11.6 Å². The van der Waals surface area contributed by atoms with E-state index in [1.807, 2.05) is 32.9 Å². The summed E-state index contributed by atoms with van der Waals surface area (Å²) >= 11 is 6.11. The van der Waals surface area contributed by atoms with E-state index in [9.17, 15) is 0 Å². The third-order valence-electron chi connectivity index (χ3n) is 2.69. The highest BCUT2D eigenvalue weighted by Gasteiger charge is 2.19. The normalized spacial score (nSPS) is 13.6. The second-order valence-corrected chi connectivity index (χ2v) is 5.55. The first-order valence-electron chi connectivity index (χ1n) is 5.63. The lowest BCUT2D eigenvalue weighted by atomic mass is 9.90. The van der Waals surface area contributed by atoms with E-state index in [4.69, 9.17) is 27.8 Å². The number of hydrogen-bond acceptors (Lipinski definition) is 3. The molecule has 0 aliphatic rings. The van der Waals surface area contributed by atoms with Crippen molar-refractivity contribution in [2.75, 3.05) is 7.11 Å². The standard InChI is InChI=1S/C13H21ClN2O/c1-8-5-12(17-4)10(14)6-9(8)11(15)7-13(2,3)16/h5-6,11H,7,15-16H2,1-4H3. The minimum absolute atomic E-state index is 0.113. The van der Waals surface area contributed by atoms with Crippen molar-refractivity contribution in [2.45, 2.75) is 38.8 Å². The van der Waals surface area contributed by atoms with E-state index >= 15 is 0 Å². The maximum atomic E-state index is 6.16. The summed E-state index contributed by atoms with van der Waals surface area (Å²) < 4.78 is 5.16. The first-order valence-corrected chi connectivity index (χ1v) is 6.01. The van der Waals surface area contributed by atoms with Crippen LogP contribution in [0.5, 0.6) is 5.75 Å². The van der Waals surface area contributed by atoms with Gasteiger partial charge >= 0.3 is 0 Å². The van der Waals surface area contributed by atoms with Gasteiger partial charge in [-0.25, -0.2) is 0 Å². The zero-order valence-electron chi connectivity index (χ0n) is 10.9. The van der Waals surface area contributed by atoms with E-state index in [-0.39, 0.29) is 11.6 Å². The third kappa shape index (κ3) is 3.87. The first-order chi connectivity index (χ1) is 7.74. The van der Waals surface area contributed by atoms with E-state index < -0.39 is 0 Å². The van der Waals surface area contributed by atoms with Crippen LogP contribution < -0.4 is 16.2 Å². The predicted octanol–water partition coefficient (Wildman–Crippen LogP) is 2.78. The summed E-state index contributed by atoms with van der Waals surface area (Å²) in [5.74, 6) is 0.673. The van der Waals surface area contributed by atoms with Gasteiger partial charge in [0.25, 0.3) is 0 Å². The van der Waals surface area contributed by atoms with Crippen molar-refractivity contribution in [3.8, 4) is 5.75 Å². The number of hydrogen-bond donors (Lipinski definition) is 2. The third-order valence-corrected chi connectivity index (χ3v) is 2.98. The average Bonchev–Trinajstić information content (AvgIpc) is 2.18. The fraction of sp³-hybridized carbons (Fsp3) is 0.538. The smallest absolute Gasteiger partial charge is 0.137 e. The van der Waals surface area contributed by atoms with Crippen molar-refractivity contribution < 1.29 is 4.74 Å². The molecule has 1 atom stereocenters. The molecule has 1 unspecified atom stereocenters. The van der Waals surface area contributed by atoms with Crippen molar-refractivity contribution in [3.05, 3.63) is 28.3 Å². The number of nitrogens with two attached hydrogens (primary N) is 2. The molecule has 0 heterocycles. The van der Waals surface area contributed by atoms with Crippen LogP contribution in [0, 0.1) is 6.92 Å². The molecule has 0 spiro atoms. The zero-order valence-corrected chi connectivity index (χ0v) is 11.6. The Kier molecular flexibility index (Phi) is 4.42. The second-order valence-electron chi connectivity index (χ2n) is 5.14. The Labute approximate surface area is 108 Å². The average molecular weight is 257 g/mol. The van der Waals surface area contributed by atoms with Gasteiger partial charge in [0.2, 0.25) is 0 Å². The zero-order chi connectivity index (χ0) is 13.2. The van der Waals surface area contributed by atoms with Gasteiger partial charge < -0.3 is 16.2 Å². The number of methoxy groups -OCH3 is 1. The minimum Gasteiger partial charge on any atom is -0.495 e. The largest absolute Gasteiger partial charge is 0.495 e. The lowest BCUT2D eigenvalue weighted by Crippen LogP contribution is -2.36. The van der Waals surface area contributed by atoms with Crippen LogP contribution in [0.4, 0.5) is 0 Å². The highest BCUT2D eigenvalue weighted by Crippen LogP contribution is 2.32. The van der Waals surface area contributed by atoms with Gasteiger partial charge in [-0.05, 0) is 50.5 Å². The molecule has 0 saturated heterocycles. The van der Waals surface area contributed by atoms with Crippen molar-refractivity contribution in [1.82, 2.24) is 0 Å².